The summed E-state index contributed by atoms with van der Waals surface area (Å²) in [4.78, 5) is 10.9. The van der Waals surface area contributed by atoms with Gasteiger partial charge in [0, 0.05) is 5.57 Å². The van der Waals surface area contributed by atoms with Crippen molar-refractivity contribution in [1.29, 1.82) is 0 Å². The Kier molecular flexibility index (Phi) is 3.96. The summed E-state index contributed by atoms with van der Waals surface area (Å²) in [7, 11) is 0. The Morgan fingerprint density at radius 2 is 2.15 bits per heavy atom. The number of carbonyl (C=O) groups is 1. The summed E-state index contributed by atoms with van der Waals surface area (Å²) >= 11 is 0. The molecule has 0 aromatic heterocycles. The number of ether oxygens (including phenoxy) is 2. The van der Waals surface area contributed by atoms with Crippen LogP contribution in [0.3, 0.4) is 0 Å². The molecular weight excluding hydrogens is 168 g/mol. The maximum atomic E-state index is 10.9. The van der Waals surface area contributed by atoms with Crippen LogP contribution in [-0.2, 0) is 14.3 Å². The van der Waals surface area contributed by atoms with E-state index in [0.717, 1.165) is 12.8 Å². The number of carbonyl (C=O) groups excluding carboxylic acids is 1. The zero-order chi connectivity index (χ0) is 9.68. The highest BCUT2D eigenvalue weighted by Crippen LogP contribution is 2.21. The van der Waals surface area contributed by atoms with Crippen LogP contribution in [0.1, 0.15) is 26.2 Å². The molecule has 1 aliphatic carbocycles. The third kappa shape index (κ3) is 3.59. The monoisotopic (exact) mass is 184 g/mol. The van der Waals surface area contributed by atoms with Gasteiger partial charge in [0.15, 0.2) is 0 Å². The fourth-order valence-electron chi connectivity index (χ4n) is 1.01. The summed E-state index contributed by atoms with van der Waals surface area (Å²) in [6.07, 6.45) is 3.96. The molecule has 0 atom stereocenters. The van der Waals surface area contributed by atoms with Crippen molar-refractivity contribution in [2.45, 2.75) is 32.3 Å². The van der Waals surface area contributed by atoms with E-state index in [-0.39, 0.29) is 5.97 Å². The van der Waals surface area contributed by atoms with Gasteiger partial charge < -0.3 is 9.47 Å². The fraction of sp³-hybridized carbons (Fsp3) is 0.700. The minimum atomic E-state index is -0.336. The lowest BCUT2D eigenvalue weighted by Gasteiger charge is -2.25. The number of hydrogen-bond acceptors (Lipinski definition) is 3. The maximum Gasteiger partial charge on any atom is 0.333 e. The number of esters is 1. The maximum absolute atomic E-state index is 10.9. The summed E-state index contributed by atoms with van der Waals surface area (Å²) in [5.74, 6) is -0.336. The molecular formula is C10H16O3. The van der Waals surface area contributed by atoms with E-state index in [0.29, 0.717) is 24.9 Å². The number of rotatable bonds is 5. The van der Waals surface area contributed by atoms with Crippen LogP contribution in [0, 0.1) is 0 Å². The third-order valence-corrected chi connectivity index (χ3v) is 2.07. The molecule has 0 aliphatic heterocycles. The molecule has 0 N–H and O–H groups in total. The topological polar surface area (TPSA) is 35.5 Å². The van der Waals surface area contributed by atoms with E-state index in [4.69, 9.17) is 9.47 Å². The highest BCUT2D eigenvalue weighted by Gasteiger charge is 2.17. The molecule has 3 nitrogen and oxygen atoms in total. The quantitative estimate of drug-likeness (QED) is 0.370. The second kappa shape index (κ2) is 5.02. The van der Waals surface area contributed by atoms with Crippen molar-refractivity contribution in [3.63, 3.8) is 0 Å². The molecule has 0 bridgehead atoms. The first kappa shape index (κ1) is 10.3. The number of hydrogen-bond donors (Lipinski definition) is 0. The predicted octanol–water partition coefficient (Wildman–Crippen LogP) is 1.67. The molecule has 74 valence electrons. The predicted molar refractivity (Wildman–Crippen MR) is 49.4 cm³/mol. The Labute approximate surface area is 78.7 Å². The molecule has 1 fully saturated rings. The normalized spacial score (nSPS) is 16.4. The average molecular weight is 184 g/mol. The Hall–Kier alpha value is -0.830. The van der Waals surface area contributed by atoms with Crippen LogP contribution >= 0.6 is 0 Å². The molecule has 0 spiro atoms. The smallest absolute Gasteiger partial charge is 0.333 e. The highest BCUT2D eigenvalue weighted by atomic mass is 16.6. The largest absolute Gasteiger partial charge is 0.460 e. The van der Waals surface area contributed by atoms with Gasteiger partial charge in [-0.25, -0.2) is 4.79 Å². The summed E-state index contributed by atoms with van der Waals surface area (Å²) in [6, 6.07) is 0. The van der Waals surface area contributed by atoms with Gasteiger partial charge in [-0.3, -0.25) is 0 Å². The molecule has 1 rings (SSSR count). The van der Waals surface area contributed by atoms with E-state index in [2.05, 4.69) is 6.58 Å². The van der Waals surface area contributed by atoms with E-state index in [9.17, 15) is 4.79 Å². The van der Waals surface area contributed by atoms with Crippen LogP contribution in [0.25, 0.3) is 0 Å². The molecule has 1 aliphatic rings. The zero-order valence-corrected chi connectivity index (χ0v) is 8.04. The second-order valence-electron chi connectivity index (χ2n) is 3.34. The molecule has 3 heteroatoms. The van der Waals surface area contributed by atoms with Crippen molar-refractivity contribution >= 4 is 5.97 Å². The summed E-state index contributed by atoms with van der Waals surface area (Å²) in [5.41, 5.74) is 0.434. The fourth-order valence-corrected chi connectivity index (χ4v) is 1.01. The molecule has 0 amide bonds. The highest BCUT2D eigenvalue weighted by molar-refractivity contribution is 5.86. The molecule has 0 radical (unpaired) electrons. The first-order valence-electron chi connectivity index (χ1n) is 4.64. The van der Waals surface area contributed by atoms with Gasteiger partial charge in [0.05, 0.1) is 12.7 Å². The van der Waals surface area contributed by atoms with Crippen molar-refractivity contribution < 1.29 is 14.3 Å². The van der Waals surface area contributed by atoms with Crippen molar-refractivity contribution in [3.8, 4) is 0 Å². The van der Waals surface area contributed by atoms with Gasteiger partial charge >= 0.3 is 5.97 Å². The molecule has 0 aromatic rings. The van der Waals surface area contributed by atoms with Crippen LogP contribution in [0.4, 0.5) is 0 Å². The van der Waals surface area contributed by atoms with Crippen molar-refractivity contribution in [1.82, 2.24) is 0 Å². The lowest BCUT2D eigenvalue weighted by atomic mass is 9.96. The lowest BCUT2D eigenvalue weighted by Crippen LogP contribution is -2.24. The second-order valence-corrected chi connectivity index (χ2v) is 3.34. The van der Waals surface area contributed by atoms with Gasteiger partial charge in [0.1, 0.15) is 6.61 Å². The van der Waals surface area contributed by atoms with Gasteiger partial charge in [-0.1, -0.05) is 6.58 Å². The van der Waals surface area contributed by atoms with Gasteiger partial charge in [-0.15, -0.1) is 0 Å². The molecule has 13 heavy (non-hydrogen) atoms. The minimum absolute atomic E-state index is 0.336. The molecule has 0 heterocycles. The lowest BCUT2D eigenvalue weighted by molar-refractivity contribution is -0.141. The van der Waals surface area contributed by atoms with Crippen LogP contribution in [0.2, 0.25) is 0 Å². The Morgan fingerprint density at radius 3 is 2.62 bits per heavy atom. The van der Waals surface area contributed by atoms with Crippen molar-refractivity contribution in [3.05, 3.63) is 12.2 Å². The first-order chi connectivity index (χ1) is 6.20. The van der Waals surface area contributed by atoms with Crippen molar-refractivity contribution in [2.75, 3.05) is 13.2 Å². The Morgan fingerprint density at radius 1 is 1.46 bits per heavy atom. The van der Waals surface area contributed by atoms with Gasteiger partial charge in [-0.05, 0) is 26.2 Å². The minimum Gasteiger partial charge on any atom is -0.460 e. The first-order valence-corrected chi connectivity index (χ1v) is 4.64. The summed E-state index contributed by atoms with van der Waals surface area (Å²) in [5, 5.41) is 0. The van der Waals surface area contributed by atoms with Crippen molar-refractivity contribution in [2.24, 2.45) is 0 Å². The van der Waals surface area contributed by atoms with Crippen LogP contribution in [0.5, 0.6) is 0 Å². The van der Waals surface area contributed by atoms with Crippen LogP contribution < -0.4 is 0 Å². The zero-order valence-electron chi connectivity index (χ0n) is 8.04. The van der Waals surface area contributed by atoms with Gasteiger partial charge in [0.2, 0.25) is 0 Å². The summed E-state index contributed by atoms with van der Waals surface area (Å²) < 4.78 is 10.3. The Balaban J connectivity index is 1.94. The molecule has 0 aromatic carbocycles. The third-order valence-electron chi connectivity index (χ3n) is 2.07. The summed E-state index contributed by atoms with van der Waals surface area (Å²) in [6.45, 7) is 5.95. The van der Waals surface area contributed by atoms with E-state index in [1.54, 1.807) is 6.92 Å². The molecule has 0 saturated heterocycles. The molecule has 0 unspecified atom stereocenters. The van der Waals surface area contributed by atoms with Crippen LogP contribution in [0.15, 0.2) is 12.2 Å². The average Bonchev–Trinajstić information content (AvgIpc) is 2.00. The molecule has 1 saturated carbocycles. The van der Waals surface area contributed by atoms with Gasteiger partial charge in [-0.2, -0.15) is 0 Å². The van der Waals surface area contributed by atoms with E-state index < -0.39 is 0 Å². The Bertz CT molecular complexity index is 194. The van der Waals surface area contributed by atoms with Gasteiger partial charge in [0.25, 0.3) is 0 Å². The van der Waals surface area contributed by atoms with E-state index in [1.165, 1.54) is 6.42 Å². The van der Waals surface area contributed by atoms with Crippen LogP contribution in [-0.4, -0.2) is 25.3 Å². The standard InChI is InChI=1S/C10H16O3/c1-8(2)10(11)13-7-6-12-9-4-3-5-9/h9H,1,3-7H2,2H3. The van der Waals surface area contributed by atoms with E-state index in [1.807, 2.05) is 0 Å². The SMILES string of the molecule is C=C(C)C(=O)OCCOC1CCC1. The van der Waals surface area contributed by atoms with E-state index >= 15 is 0 Å².